The molecule has 3 aromatic rings. The maximum atomic E-state index is 6.37. The van der Waals surface area contributed by atoms with Gasteiger partial charge in [0.1, 0.15) is 0 Å². The largest absolute Gasteiger partial charge is 0.436 e. The van der Waals surface area contributed by atoms with Crippen LogP contribution in [0.3, 0.4) is 0 Å². The number of pyridine rings is 1. The van der Waals surface area contributed by atoms with Crippen LogP contribution in [-0.4, -0.2) is 16.6 Å². The Labute approximate surface area is 168 Å². The fourth-order valence-corrected chi connectivity index (χ4v) is 6.41. The molecule has 2 aliphatic rings. The first-order valence-corrected chi connectivity index (χ1v) is 11.1. The third-order valence-electron chi connectivity index (χ3n) is 7.71. The molecule has 2 aromatic heterocycles. The molecular formula is C25H32N2O. The van der Waals surface area contributed by atoms with E-state index in [9.17, 15) is 0 Å². The lowest BCUT2D eigenvalue weighted by Crippen LogP contribution is -2.45. The number of benzene rings is 1. The summed E-state index contributed by atoms with van der Waals surface area (Å²) >= 11 is 0. The zero-order valence-electron chi connectivity index (χ0n) is 17.7. The molecule has 2 unspecified atom stereocenters. The van der Waals surface area contributed by atoms with Crippen LogP contribution < -0.4 is 4.90 Å². The standard InChI is InChI=1S/C25H32N2O/c1-16-13-14-19-20-11-9-15-26-24(20)28-23(19)22(16)27-17(2)18-10-7-5-6-8-12-21(18)25(27,3)4/h9,11,13-15,17-18,21H,5-8,10,12H2,1-4H3/t17-,18?,21?/m0/s1. The molecule has 1 saturated heterocycles. The molecule has 3 heteroatoms. The number of hydrogen-bond acceptors (Lipinski definition) is 3. The highest BCUT2D eigenvalue weighted by Gasteiger charge is 2.52. The molecule has 148 valence electrons. The third-order valence-corrected chi connectivity index (χ3v) is 7.71. The molecule has 1 saturated carbocycles. The second-order valence-electron chi connectivity index (χ2n) is 9.59. The normalized spacial score (nSPS) is 27.7. The Hall–Kier alpha value is -2.03. The smallest absolute Gasteiger partial charge is 0.227 e. The zero-order valence-corrected chi connectivity index (χ0v) is 17.7. The van der Waals surface area contributed by atoms with Gasteiger partial charge in [-0.2, -0.15) is 0 Å². The minimum Gasteiger partial charge on any atom is -0.436 e. The number of furan rings is 1. The van der Waals surface area contributed by atoms with E-state index >= 15 is 0 Å². The molecule has 3 atom stereocenters. The fraction of sp³-hybridized carbons (Fsp3) is 0.560. The first kappa shape index (κ1) is 18.0. The van der Waals surface area contributed by atoms with Crippen LogP contribution in [0.5, 0.6) is 0 Å². The molecule has 0 bridgehead atoms. The van der Waals surface area contributed by atoms with Crippen molar-refractivity contribution in [2.45, 2.75) is 77.8 Å². The lowest BCUT2D eigenvalue weighted by molar-refractivity contribution is 0.236. The second-order valence-corrected chi connectivity index (χ2v) is 9.59. The summed E-state index contributed by atoms with van der Waals surface area (Å²) in [4.78, 5) is 7.20. The van der Waals surface area contributed by atoms with E-state index in [1.54, 1.807) is 0 Å². The molecule has 5 rings (SSSR count). The van der Waals surface area contributed by atoms with Gasteiger partial charge in [-0.3, -0.25) is 0 Å². The highest BCUT2D eigenvalue weighted by Crippen LogP contribution is 2.52. The van der Waals surface area contributed by atoms with E-state index in [1.807, 2.05) is 12.3 Å². The predicted octanol–water partition coefficient (Wildman–Crippen LogP) is 6.86. The summed E-state index contributed by atoms with van der Waals surface area (Å²) in [5.74, 6) is 1.52. The summed E-state index contributed by atoms with van der Waals surface area (Å²) in [6.07, 6.45) is 10.1. The average Bonchev–Trinajstić information content (AvgIpc) is 3.09. The van der Waals surface area contributed by atoms with E-state index in [1.165, 1.54) is 55.2 Å². The molecule has 0 amide bonds. The number of hydrogen-bond donors (Lipinski definition) is 0. The van der Waals surface area contributed by atoms with Crippen LogP contribution in [0.25, 0.3) is 22.1 Å². The van der Waals surface area contributed by atoms with Gasteiger partial charge in [-0.25, -0.2) is 4.98 Å². The highest BCUT2D eigenvalue weighted by atomic mass is 16.3. The van der Waals surface area contributed by atoms with Crippen LogP contribution in [0.4, 0.5) is 5.69 Å². The van der Waals surface area contributed by atoms with E-state index in [2.05, 4.69) is 55.8 Å². The summed E-state index contributed by atoms with van der Waals surface area (Å²) in [5, 5.41) is 2.31. The zero-order chi connectivity index (χ0) is 19.5. The van der Waals surface area contributed by atoms with Crippen molar-refractivity contribution in [1.82, 2.24) is 4.98 Å². The number of anilines is 1. The molecule has 0 N–H and O–H groups in total. The second kappa shape index (κ2) is 6.50. The molecule has 1 aromatic carbocycles. The van der Waals surface area contributed by atoms with E-state index in [0.29, 0.717) is 6.04 Å². The van der Waals surface area contributed by atoms with E-state index in [-0.39, 0.29) is 5.54 Å². The minimum absolute atomic E-state index is 0.132. The van der Waals surface area contributed by atoms with Crippen molar-refractivity contribution in [3.05, 3.63) is 36.0 Å². The van der Waals surface area contributed by atoms with Gasteiger partial charge in [-0.15, -0.1) is 0 Å². The van der Waals surface area contributed by atoms with Crippen LogP contribution in [0.1, 0.15) is 64.9 Å². The van der Waals surface area contributed by atoms with Gasteiger partial charge in [-0.1, -0.05) is 37.8 Å². The highest BCUT2D eigenvalue weighted by molar-refractivity contribution is 6.08. The Morgan fingerprint density at radius 2 is 1.82 bits per heavy atom. The van der Waals surface area contributed by atoms with Crippen LogP contribution in [-0.2, 0) is 0 Å². The van der Waals surface area contributed by atoms with Crippen molar-refractivity contribution in [2.75, 3.05) is 4.90 Å². The summed E-state index contributed by atoms with van der Waals surface area (Å²) in [6.45, 7) is 9.62. The van der Waals surface area contributed by atoms with Crippen molar-refractivity contribution >= 4 is 27.8 Å². The maximum absolute atomic E-state index is 6.37. The van der Waals surface area contributed by atoms with Gasteiger partial charge in [0.25, 0.3) is 0 Å². The topological polar surface area (TPSA) is 29.3 Å². The Balaban J connectivity index is 1.71. The van der Waals surface area contributed by atoms with Crippen LogP contribution in [0.15, 0.2) is 34.9 Å². The minimum atomic E-state index is 0.132. The predicted molar refractivity (Wildman–Crippen MR) is 117 cm³/mol. The number of nitrogens with zero attached hydrogens (tertiary/aromatic N) is 2. The summed E-state index contributed by atoms with van der Waals surface area (Å²) < 4.78 is 6.37. The van der Waals surface area contributed by atoms with Crippen molar-refractivity contribution in [3.63, 3.8) is 0 Å². The number of rotatable bonds is 1. The quantitative estimate of drug-likeness (QED) is 0.464. The molecule has 2 fully saturated rings. The van der Waals surface area contributed by atoms with Crippen molar-refractivity contribution in [2.24, 2.45) is 11.8 Å². The maximum Gasteiger partial charge on any atom is 0.227 e. The van der Waals surface area contributed by atoms with Gasteiger partial charge in [0.15, 0.2) is 5.58 Å². The Bertz CT molecular complexity index is 1020. The van der Waals surface area contributed by atoms with Gasteiger partial charge >= 0.3 is 0 Å². The summed E-state index contributed by atoms with van der Waals surface area (Å²) in [6, 6.07) is 9.13. The molecule has 0 radical (unpaired) electrons. The van der Waals surface area contributed by atoms with E-state index in [0.717, 1.165) is 28.5 Å². The Morgan fingerprint density at radius 3 is 2.64 bits per heavy atom. The van der Waals surface area contributed by atoms with Crippen molar-refractivity contribution < 1.29 is 4.42 Å². The average molecular weight is 377 g/mol. The fourth-order valence-electron chi connectivity index (χ4n) is 6.41. The summed E-state index contributed by atoms with van der Waals surface area (Å²) in [7, 11) is 0. The lowest BCUT2D eigenvalue weighted by Gasteiger charge is -2.40. The van der Waals surface area contributed by atoms with Gasteiger partial charge in [-0.05, 0) is 70.1 Å². The van der Waals surface area contributed by atoms with Gasteiger partial charge < -0.3 is 9.32 Å². The number of aryl methyl sites for hydroxylation is 1. The lowest BCUT2D eigenvalue weighted by atomic mass is 9.74. The molecule has 3 heterocycles. The number of aromatic nitrogens is 1. The van der Waals surface area contributed by atoms with E-state index in [4.69, 9.17) is 4.42 Å². The monoisotopic (exact) mass is 376 g/mol. The SMILES string of the molecule is Cc1ccc2c(oc3ncccc32)c1N1[C@@H](C)C2CCCCCCC2C1(C)C. The first-order valence-electron chi connectivity index (χ1n) is 11.1. The molecular weight excluding hydrogens is 344 g/mol. The molecule has 0 spiro atoms. The molecule has 28 heavy (non-hydrogen) atoms. The van der Waals surface area contributed by atoms with Crippen molar-refractivity contribution in [1.29, 1.82) is 0 Å². The molecule has 1 aliphatic carbocycles. The Kier molecular flexibility index (Phi) is 4.19. The molecule has 3 nitrogen and oxygen atoms in total. The van der Waals surface area contributed by atoms with Gasteiger partial charge in [0.05, 0.1) is 5.69 Å². The van der Waals surface area contributed by atoms with Crippen LogP contribution in [0, 0.1) is 18.8 Å². The van der Waals surface area contributed by atoms with Gasteiger partial charge in [0, 0.05) is 28.6 Å². The Morgan fingerprint density at radius 1 is 1.04 bits per heavy atom. The summed E-state index contributed by atoms with van der Waals surface area (Å²) in [5.41, 5.74) is 4.50. The first-order chi connectivity index (χ1) is 13.5. The molecule has 1 aliphatic heterocycles. The van der Waals surface area contributed by atoms with Crippen LogP contribution in [0.2, 0.25) is 0 Å². The van der Waals surface area contributed by atoms with Crippen molar-refractivity contribution in [3.8, 4) is 0 Å². The third kappa shape index (κ3) is 2.51. The van der Waals surface area contributed by atoms with Crippen LogP contribution >= 0.6 is 0 Å². The van der Waals surface area contributed by atoms with Gasteiger partial charge in [0.2, 0.25) is 5.71 Å². The van der Waals surface area contributed by atoms with E-state index < -0.39 is 0 Å². The number of fused-ring (bicyclic) bond motifs is 4.